The van der Waals surface area contributed by atoms with Crippen molar-refractivity contribution in [1.82, 2.24) is 15.0 Å². The van der Waals surface area contributed by atoms with E-state index in [2.05, 4.69) is 30.5 Å². The maximum absolute atomic E-state index is 13.1. The molecule has 0 unspecified atom stereocenters. The quantitative estimate of drug-likeness (QED) is 0.134. The minimum atomic E-state index is -5.00. The van der Waals surface area contributed by atoms with Crippen LogP contribution in [0.5, 0.6) is 5.75 Å². The van der Waals surface area contributed by atoms with E-state index in [1.54, 1.807) is 0 Å². The first-order chi connectivity index (χ1) is 16.8. The van der Waals surface area contributed by atoms with Gasteiger partial charge in [-0.15, -0.1) is 10.2 Å². The molecule has 13 nitrogen and oxygen atoms in total. The van der Waals surface area contributed by atoms with E-state index in [9.17, 15) is 31.0 Å². The molecule has 0 aliphatic heterocycles. The third-order valence-electron chi connectivity index (χ3n) is 4.54. The molecule has 0 atom stereocenters. The van der Waals surface area contributed by atoms with Gasteiger partial charge in [0.15, 0.2) is 0 Å². The average Bonchev–Trinajstić information content (AvgIpc) is 2.76. The molecule has 2 N–H and O–H groups in total. The van der Waals surface area contributed by atoms with Gasteiger partial charge in [-0.2, -0.15) is 23.4 Å². The van der Waals surface area contributed by atoms with Crippen LogP contribution in [-0.4, -0.2) is 40.9 Å². The van der Waals surface area contributed by atoms with E-state index in [0.29, 0.717) is 5.69 Å². The molecule has 0 spiro atoms. The molecule has 0 radical (unpaired) electrons. The zero-order valence-corrected chi connectivity index (χ0v) is 26.5. The summed E-state index contributed by atoms with van der Waals surface area (Å²) in [5, 5.41) is 22.7. The van der Waals surface area contributed by atoms with Crippen LogP contribution in [0.25, 0.3) is 10.8 Å². The average molecular weight is 615 g/mol. The predicted molar refractivity (Wildman–Crippen MR) is 125 cm³/mol. The zero-order valence-electron chi connectivity index (χ0n) is 19.3. The number of aromatic nitrogens is 3. The summed E-state index contributed by atoms with van der Waals surface area (Å²) in [5.41, 5.74) is -0.923. The van der Waals surface area contributed by atoms with Crippen molar-refractivity contribution >= 4 is 77.2 Å². The van der Waals surface area contributed by atoms with Gasteiger partial charge >= 0.3 is 59.1 Å². The molecule has 0 aliphatic rings. The van der Waals surface area contributed by atoms with Crippen LogP contribution in [0.1, 0.15) is 0 Å². The van der Waals surface area contributed by atoms with Crippen molar-refractivity contribution in [1.29, 1.82) is 0 Å². The second kappa shape index (κ2) is 12.8. The summed E-state index contributed by atoms with van der Waals surface area (Å²) in [6.07, 6.45) is 0. The largest absolute Gasteiger partial charge is 1.00 e. The molecule has 0 saturated carbocycles. The van der Waals surface area contributed by atoms with E-state index in [1.165, 1.54) is 30.3 Å². The minimum absolute atomic E-state index is 0. The number of nitrogens with zero attached hydrogens (tertiary/aromatic N) is 5. The molecule has 4 aromatic rings. The topological polar surface area (TPSA) is 210 Å². The first kappa shape index (κ1) is 32.7. The number of azo groups is 1. The van der Waals surface area contributed by atoms with Crippen LogP contribution in [-0.2, 0) is 20.2 Å². The summed E-state index contributed by atoms with van der Waals surface area (Å²) in [5.74, 6) is -0.974. The summed E-state index contributed by atoms with van der Waals surface area (Å²) >= 11 is 11.5. The monoisotopic (exact) mass is 614 g/mol. The Kier molecular flexibility index (Phi) is 11.0. The van der Waals surface area contributed by atoms with Crippen molar-refractivity contribution in [2.24, 2.45) is 10.2 Å². The van der Waals surface area contributed by atoms with Crippen LogP contribution in [0.4, 0.5) is 23.0 Å². The van der Waals surface area contributed by atoms with Gasteiger partial charge < -0.3 is 15.0 Å². The van der Waals surface area contributed by atoms with Gasteiger partial charge in [0.25, 0.3) is 10.1 Å². The fourth-order valence-corrected chi connectivity index (χ4v) is 4.70. The molecular weight excluding hydrogens is 605 g/mol. The summed E-state index contributed by atoms with van der Waals surface area (Å²) in [6.45, 7) is 0. The van der Waals surface area contributed by atoms with Crippen molar-refractivity contribution in [2.45, 2.75) is 9.79 Å². The molecule has 19 heteroatoms. The maximum atomic E-state index is 13.1. The number of benzene rings is 3. The van der Waals surface area contributed by atoms with Crippen LogP contribution in [0.15, 0.2) is 68.6 Å². The molecule has 3 aromatic carbocycles. The van der Waals surface area contributed by atoms with Gasteiger partial charge in [0.2, 0.25) is 16.5 Å². The first-order valence-electron chi connectivity index (χ1n) is 9.39. The summed E-state index contributed by atoms with van der Waals surface area (Å²) in [7, 11) is -9.94. The van der Waals surface area contributed by atoms with E-state index in [4.69, 9.17) is 23.2 Å². The standard InChI is InChI=1S/C19H12Cl2N6O7S2.2Na/c20-17-23-18(21)25-19(24-17)22-10-5-6-11-9(7-10)8-14(36(32,33)34)15(16(11)28)27-26-12-3-1-2-4-13(12)35(29,30)31;;/h1-8,28H,(H,29,30,31)(H,32,33,34)(H,22,23,24,25);;/q;2*+1/p-2. The summed E-state index contributed by atoms with van der Waals surface area (Å²) < 4.78 is 68.1. The van der Waals surface area contributed by atoms with E-state index in [1.807, 2.05) is 0 Å². The van der Waals surface area contributed by atoms with Crippen molar-refractivity contribution < 1.29 is 90.2 Å². The third kappa shape index (κ3) is 7.59. The van der Waals surface area contributed by atoms with Gasteiger partial charge in [-0.25, -0.2) is 8.42 Å². The van der Waals surface area contributed by atoms with E-state index >= 15 is 0 Å². The molecule has 186 valence electrons. The fourth-order valence-electron chi connectivity index (χ4n) is 3.07. The predicted octanol–water partition coefficient (Wildman–Crippen LogP) is -2.28. The number of hydrogen-bond acceptors (Lipinski definition) is 12. The van der Waals surface area contributed by atoms with Crippen molar-refractivity contribution in [3.63, 3.8) is 0 Å². The first-order valence-corrected chi connectivity index (χ1v) is 13.0. The Morgan fingerprint density at radius 1 is 0.868 bits per heavy atom. The van der Waals surface area contributed by atoms with Gasteiger partial charge in [0.05, 0.1) is 10.6 Å². The summed E-state index contributed by atoms with van der Waals surface area (Å²) in [6, 6.07) is 9.81. The molecule has 0 bridgehead atoms. The number of halogens is 2. The van der Waals surface area contributed by atoms with E-state index < -0.39 is 47.2 Å². The zero-order chi connectivity index (χ0) is 26.3. The van der Waals surface area contributed by atoms with Crippen molar-refractivity contribution in [3.8, 4) is 5.75 Å². The normalized spacial score (nSPS) is 11.7. The molecule has 0 saturated heterocycles. The molecular formula is C19H10Cl2N6Na2O7S2. The summed E-state index contributed by atoms with van der Waals surface area (Å²) in [4.78, 5) is 9.65. The molecule has 0 aliphatic carbocycles. The number of rotatable bonds is 6. The maximum Gasteiger partial charge on any atom is 1.00 e. The molecule has 0 amide bonds. The second-order valence-corrected chi connectivity index (χ2v) is 10.3. The Hall–Kier alpha value is -1.47. The van der Waals surface area contributed by atoms with Crippen molar-refractivity contribution in [3.05, 3.63) is 59.1 Å². The van der Waals surface area contributed by atoms with Gasteiger partial charge in [-0.05, 0) is 64.3 Å². The Bertz CT molecular complexity index is 1760. The molecule has 1 heterocycles. The van der Waals surface area contributed by atoms with Gasteiger partial charge in [-0.1, -0.05) is 23.9 Å². The third-order valence-corrected chi connectivity index (χ3v) is 6.63. The molecule has 0 fully saturated rings. The Labute approximate surface area is 269 Å². The number of anilines is 2. The van der Waals surface area contributed by atoms with Crippen molar-refractivity contribution in [2.75, 3.05) is 5.32 Å². The number of hydrogen-bond donors (Lipinski definition) is 2. The van der Waals surface area contributed by atoms with Crippen LogP contribution >= 0.6 is 23.2 Å². The van der Waals surface area contributed by atoms with Crippen LogP contribution in [0.3, 0.4) is 0 Å². The minimum Gasteiger partial charge on any atom is -0.871 e. The molecule has 1 aromatic heterocycles. The van der Waals surface area contributed by atoms with Gasteiger partial charge in [0.1, 0.15) is 20.7 Å². The Morgan fingerprint density at radius 3 is 2.11 bits per heavy atom. The molecule has 38 heavy (non-hydrogen) atoms. The van der Waals surface area contributed by atoms with E-state index in [0.717, 1.165) is 18.2 Å². The number of nitrogens with one attached hydrogen (secondary N) is 1. The smallest absolute Gasteiger partial charge is 0.871 e. The molecule has 4 rings (SSSR count). The van der Waals surface area contributed by atoms with E-state index in [-0.39, 0.29) is 86.4 Å². The number of fused-ring (bicyclic) bond motifs is 1. The fraction of sp³-hybridized carbons (Fsp3) is 0. The van der Waals surface area contributed by atoms with Gasteiger partial charge in [0, 0.05) is 5.69 Å². The van der Waals surface area contributed by atoms with Crippen LogP contribution in [0, 0.1) is 0 Å². The van der Waals surface area contributed by atoms with Crippen LogP contribution < -0.4 is 69.5 Å². The second-order valence-electron chi connectivity index (χ2n) is 6.91. The Balaban J connectivity index is 0.00000253. The van der Waals surface area contributed by atoms with Gasteiger partial charge in [-0.3, -0.25) is 4.55 Å². The van der Waals surface area contributed by atoms with Crippen LogP contribution in [0.2, 0.25) is 10.6 Å². The Morgan fingerprint density at radius 2 is 1.50 bits per heavy atom. The SMILES string of the molecule is O=S(=O)([O-])c1ccccc1N=Nc1c(S(=O)(=O)O)cc2cc(Nc3nc(Cl)nc(Cl)n3)ccc2c1[O-].[Na+].[Na+].